The van der Waals surface area contributed by atoms with E-state index >= 15 is 0 Å². The summed E-state index contributed by atoms with van der Waals surface area (Å²) in [6.45, 7) is 1.86. The molecule has 0 aliphatic rings. The van der Waals surface area contributed by atoms with E-state index in [1.54, 1.807) is 6.92 Å². The van der Waals surface area contributed by atoms with Crippen molar-refractivity contribution in [2.24, 2.45) is 0 Å². The van der Waals surface area contributed by atoms with Crippen LogP contribution in [0.1, 0.15) is 25.1 Å². The van der Waals surface area contributed by atoms with Gasteiger partial charge in [0.05, 0.1) is 24.8 Å². The van der Waals surface area contributed by atoms with Gasteiger partial charge in [0.15, 0.2) is 5.43 Å². The number of nitrogens with one attached hydrogen (secondary N) is 1. The van der Waals surface area contributed by atoms with Crippen LogP contribution in [-0.4, -0.2) is 33.9 Å². The van der Waals surface area contributed by atoms with Crippen LogP contribution < -0.4 is 5.43 Å². The Hall–Kier alpha value is -1.66. The smallest absolute Gasteiger partial charge is 0.308 e. The van der Waals surface area contributed by atoms with Gasteiger partial charge in [-0.3, -0.25) is 9.59 Å². The molecular weight excluding hydrogens is 226 g/mol. The van der Waals surface area contributed by atoms with Gasteiger partial charge in [0.1, 0.15) is 6.10 Å². The number of pyridine rings is 1. The Morgan fingerprint density at radius 2 is 2.24 bits per heavy atom. The average molecular weight is 241 g/mol. The number of aromatic nitrogens is 1. The van der Waals surface area contributed by atoms with E-state index in [4.69, 9.17) is 0 Å². The zero-order chi connectivity index (χ0) is 12.8. The fourth-order valence-corrected chi connectivity index (χ4v) is 1.34. The van der Waals surface area contributed by atoms with Gasteiger partial charge in [-0.05, 0) is 6.92 Å². The third-order valence-electron chi connectivity index (χ3n) is 2.16. The molecule has 1 aromatic heterocycles. The molecule has 0 bridgehead atoms. The summed E-state index contributed by atoms with van der Waals surface area (Å²) in [4.78, 5) is 24.8. The third kappa shape index (κ3) is 4.01. The number of carbonyl (C=O) groups excluding carboxylic acids is 1. The van der Waals surface area contributed by atoms with Crippen LogP contribution in [0.5, 0.6) is 0 Å². The molecule has 6 nitrogen and oxygen atoms in total. The largest absolute Gasteiger partial charge is 0.466 e. The summed E-state index contributed by atoms with van der Waals surface area (Å²) in [5.74, 6) is -0.600. The van der Waals surface area contributed by atoms with Gasteiger partial charge in [0, 0.05) is 18.3 Å². The Morgan fingerprint density at radius 1 is 1.53 bits per heavy atom. The van der Waals surface area contributed by atoms with Crippen LogP contribution in [-0.2, 0) is 9.53 Å². The zero-order valence-corrected chi connectivity index (χ0v) is 9.42. The van der Waals surface area contributed by atoms with Crippen LogP contribution in [0, 0.1) is 0 Å². The average Bonchev–Trinajstić information content (AvgIpc) is 2.28. The first-order valence-electron chi connectivity index (χ1n) is 5.25. The molecule has 3 N–H and O–H groups in total. The van der Waals surface area contributed by atoms with Crippen molar-refractivity contribution in [3.63, 3.8) is 0 Å². The van der Waals surface area contributed by atoms with E-state index in [1.165, 1.54) is 18.3 Å². The van der Waals surface area contributed by atoms with Gasteiger partial charge in [-0.25, -0.2) is 0 Å². The molecule has 0 amide bonds. The highest BCUT2D eigenvalue weighted by Gasteiger charge is 2.22. The lowest BCUT2D eigenvalue weighted by atomic mass is 10.1. The molecule has 1 aromatic rings. The molecule has 0 saturated heterocycles. The highest BCUT2D eigenvalue weighted by Crippen LogP contribution is 2.15. The standard InChI is InChI=1S/C11H15NO5/c1-2-17-10(15)6-9(14)11(16)8-5-7(13)3-4-12-8/h3-5,9,11,14,16H,2,6H2,1H3,(H,12,13). The number of aliphatic hydroxyl groups excluding tert-OH is 2. The Bertz CT molecular complexity index is 428. The Labute approximate surface area is 97.9 Å². The fraction of sp³-hybridized carbons (Fsp3) is 0.455. The molecule has 2 unspecified atom stereocenters. The van der Waals surface area contributed by atoms with E-state index in [1.807, 2.05) is 0 Å². The van der Waals surface area contributed by atoms with Gasteiger partial charge in [0.2, 0.25) is 0 Å². The van der Waals surface area contributed by atoms with Gasteiger partial charge < -0.3 is 19.9 Å². The summed E-state index contributed by atoms with van der Waals surface area (Å²) in [5.41, 5.74) is -0.129. The molecule has 0 radical (unpaired) electrons. The minimum atomic E-state index is -1.33. The highest BCUT2D eigenvalue weighted by molar-refractivity contribution is 5.70. The number of ether oxygens (including phenoxy) is 1. The molecule has 0 aliphatic heterocycles. The molecule has 6 heteroatoms. The summed E-state index contributed by atoms with van der Waals surface area (Å²) in [5, 5.41) is 19.3. The third-order valence-corrected chi connectivity index (χ3v) is 2.16. The summed E-state index contributed by atoms with van der Waals surface area (Å²) < 4.78 is 4.64. The second-order valence-electron chi connectivity index (χ2n) is 3.50. The van der Waals surface area contributed by atoms with Crippen LogP contribution >= 0.6 is 0 Å². The van der Waals surface area contributed by atoms with Crippen LogP contribution in [0.2, 0.25) is 0 Å². The van der Waals surface area contributed by atoms with Gasteiger partial charge in [-0.1, -0.05) is 0 Å². The van der Waals surface area contributed by atoms with Crippen molar-refractivity contribution >= 4 is 5.97 Å². The van der Waals surface area contributed by atoms with Crippen LogP contribution in [0.25, 0.3) is 0 Å². The summed E-state index contributed by atoms with van der Waals surface area (Å²) >= 11 is 0. The summed E-state index contributed by atoms with van der Waals surface area (Å²) in [6.07, 6.45) is -1.61. The van der Waals surface area contributed by atoms with Crippen molar-refractivity contribution in [2.45, 2.75) is 25.6 Å². The van der Waals surface area contributed by atoms with Crippen LogP contribution in [0.3, 0.4) is 0 Å². The number of H-pyrrole nitrogens is 1. The van der Waals surface area contributed by atoms with Crippen LogP contribution in [0.4, 0.5) is 0 Å². The number of esters is 1. The molecular formula is C11H15NO5. The lowest BCUT2D eigenvalue weighted by Crippen LogP contribution is -2.24. The summed E-state index contributed by atoms with van der Waals surface area (Å²) in [7, 11) is 0. The second kappa shape index (κ2) is 6.17. The molecule has 94 valence electrons. The van der Waals surface area contributed by atoms with Crippen molar-refractivity contribution in [1.82, 2.24) is 4.98 Å². The maximum Gasteiger partial charge on any atom is 0.308 e. The van der Waals surface area contributed by atoms with E-state index in [9.17, 15) is 19.8 Å². The molecule has 0 saturated carbocycles. The quantitative estimate of drug-likeness (QED) is 0.616. The maximum atomic E-state index is 11.1. The van der Waals surface area contributed by atoms with Gasteiger partial charge in [0.25, 0.3) is 0 Å². The molecule has 0 spiro atoms. The Balaban J connectivity index is 2.66. The SMILES string of the molecule is CCOC(=O)CC(O)C(O)c1cc(=O)cc[nH]1. The van der Waals surface area contributed by atoms with Crippen molar-refractivity contribution in [3.8, 4) is 0 Å². The number of aromatic amines is 1. The van der Waals surface area contributed by atoms with Crippen molar-refractivity contribution in [1.29, 1.82) is 0 Å². The zero-order valence-electron chi connectivity index (χ0n) is 9.42. The van der Waals surface area contributed by atoms with E-state index < -0.39 is 18.2 Å². The number of hydrogen-bond acceptors (Lipinski definition) is 5. The topological polar surface area (TPSA) is 99.6 Å². The Morgan fingerprint density at radius 3 is 2.82 bits per heavy atom. The van der Waals surface area contributed by atoms with Gasteiger partial charge in [-0.15, -0.1) is 0 Å². The molecule has 1 rings (SSSR count). The van der Waals surface area contributed by atoms with E-state index in [0.717, 1.165) is 0 Å². The maximum absolute atomic E-state index is 11.1. The van der Waals surface area contributed by atoms with E-state index in [-0.39, 0.29) is 24.2 Å². The number of hydrogen-bond donors (Lipinski definition) is 3. The number of rotatable bonds is 5. The van der Waals surface area contributed by atoms with E-state index in [2.05, 4.69) is 9.72 Å². The normalized spacial score (nSPS) is 14.1. The fourth-order valence-electron chi connectivity index (χ4n) is 1.34. The molecule has 1 heterocycles. The molecule has 0 aromatic carbocycles. The molecule has 0 fully saturated rings. The first-order chi connectivity index (χ1) is 8.04. The van der Waals surface area contributed by atoms with Crippen LogP contribution in [0.15, 0.2) is 23.1 Å². The second-order valence-corrected chi connectivity index (χ2v) is 3.50. The molecule has 17 heavy (non-hydrogen) atoms. The molecule has 0 aliphatic carbocycles. The monoisotopic (exact) mass is 241 g/mol. The predicted octanol–water partition coefficient (Wildman–Crippen LogP) is -0.278. The summed E-state index contributed by atoms with van der Waals surface area (Å²) in [6, 6.07) is 2.45. The van der Waals surface area contributed by atoms with Gasteiger partial charge in [-0.2, -0.15) is 0 Å². The van der Waals surface area contributed by atoms with Gasteiger partial charge >= 0.3 is 5.97 Å². The van der Waals surface area contributed by atoms with Crippen molar-refractivity contribution < 1.29 is 19.7 Å². The van der Waals surface area contributed by atoms with Crippen molar-refractivity contribution in [3.05, 3.63) is 34.2 Å². The minimum Gasteiger partial charge on any atom is -0.466 e. The molecule has 2 atom stereocenters. The lowest BCUT2D eigenvalue weighted by Gasteiger charge is -2.16. The minimum absolute atomic E-state index is 0.161. The Kier molecular flexibility index (Phi) is 4.86. The highest BCUT2D eigenvalue weighted by atomic mass is 16.5. The lowest BCUT2D eigenvalue weighted by molar-refractivity contribution is -0.147. The van der Waals surface area contributed by atoms with Crippen molar-refractivity contribution in [2.75, 3.05) is 6.61 Å². The predicted molar refractivity (Wildman–Crippen MR) is 59.3 cm³/mol. The van der Waals surface area contributed by atoms with E-state index in [0.29, 0.717) is 0 Å². The number of aliphatic hydroxyl groups is 2. The first-order valence-corrected chi connectivity index (χ1v) is 5.25. The number of carbonyl (C=O) groups is 1. The first kappa shape index (κ1) is 13.4.